The van der Waals surface area contributed by atoms with Crippen molar-refractivity contribution in [1.29, 1.82) is 0 Å². The fourth-order valence-electron chi connectivity index (χ4n) is 6.25. The van der Waals surface area contributed by atoms with E-state index in [1.54, 1.807) is 14.0 Å². The minimum atomic E-state index is -1.22. The van der Waals surface area contributed by atoms with Crippen LogP contribution in [0.15, 0.2) is 111 Å². The SMILES string of the molecule is CCOC(=O)Oc1ccc(C(=O)ON=C(C(=O)N[C@@H]2C(=O)N3C(C(=O)OC(c4ccccc4)c4ccccc4)=C(CSc4nnnn4C)CS[C@@H]23)c2coc(N)n2)cc1OC(=O)OCC. The van der Waals surface area contributed by atoms with Crippen molar-refractivity contribution >= 4 is 71.3 Å². The number of aryl methyl sites for hydroxylation is 1. The monoisotopic (exact) mass is 927 g/mol. The van der Waals surface area contributed by atoms with Crippen molar-refractivity contribution in [2.45, 2.75) is 36.5 Å². The van der Waals surface area contributed by atoms with Gasteiger partial charge in [0.15, 0.2) is 23.3 Å². The highest BCUT2D eigenvalue weighted by Gasteiger charge is 2.55. The zero-order chi connectivity index (χ0) is 46.0. The number of benzene rings is 3. The highest BCUT2D eigenvalue weighted by Crippen LogP contribution is 2.43. The quantitative estimate of drug-likeness (QED) is 0.0205. The summed E-state index contributed by atoms with van der Waals surface area (Å²) >= 11 is 2.54. The Labute approximate surface area is 376 Å². The molecule has 2 atom stereocenters. The number of oxazole rings is 1. The fourth-order valence-corrected chi connectivity index (χ4v) is 8.58. The van der Waals surface area contributed by atoms with Gasteiger partial charge in [0.05, 0.1) is 18.8 Å². The number of rotatable bonds is 16. The molecule has 1 saturated heterocycles. The first-order valence-corrected chi connectivity index (χ1v) is 21.5. The molecule has 2 aliphatic rings. The third-order valence-electron chi connectivity index (χ3n) is 9.20. The van der Waals surface area contributed by atoms with Crippen LogP contribution in [0, 0.1) is 0 Å². The third kappa shape index (κ3) is 10.6. The second-order valence-corrected chi connectivity index (χ2v) is 15.5. The predicted molar refractivity (Wildman–Crippen MR) is 227 cm³/mol. The number of nitrogens with one attached hydrogen (secondary N) is 1. The van der Waals surface area contributed by atoms with Crippen LogP contribution >= 0.6 is 23.5 Å². The van der Waals surface area contributed by atoms with E-state index >= 15 is 0 Å². The molecule has 0 radical (unpaired) electrons. The minimum absolute atomic E-state index is 0.000754. The molecule has 1 fully saturated rings. The average Bonchev–Trinajstić information content (AvgIpc) is 3.94. The summed E-state index contributed by atoms with van der Waals surface area (Å²) in [5.74, 6) is -3.92. The lowest BCUT2D eigenvalue weighted by Crippen LogP contribution is -2.71. The molecule has 2 aromatic heterocycles. The summed E-state index contributed by atoms with van der Waals surface area (Å²) in [6.07, 6.45) is -2.16. The van der Waals surface area contributed by atoms with E-state index < -0.39 is 65.0 Å². The van der Waals surface area contributed by atoms with Crippen LogP contribution in [0.1, 0.15) is 47.1 Å². The summed E-state index contributed by atoms with van der Waals surface area (Å²) in [6.45, 7) is 3.01. The second kappa shape index (κ2) is 20.6. The molecule has 24 heteroatoms. The smallest absolute Gasteiger partial charge is 0.448 e. The van der Waals surface area contributed by atoms with Crippen molar-refractivity contribution in [3.63, 3.8) is 0 Å². The summed E-state index contributed by atoms with van der Waals surface area (Å²) in [4.78, 5) is 90.3. The largest absolute Gasteiger partial charge is 0.513 e. The highest BCUT2D eigenvalue weighted by atomic mass is 32.2. The Hall–Kier alpha value is -7.73. The Morgan fingerprint density at radius 3 is 2.20 bits per heavy atom. The Morgan fingerprint density at radius 1 is 0.938 bits per heavy atom. The lowest BCUT2D eigenvalue weighted by atomic mass is 10.0. The maximum atomic E-state index is 14.4. The number of nitrogens with two attached hydrogens (primary N) is 1. The van der Waals surface area contributed by atoms with Gasteiger partial charge in [0.2, 0.25) is 5.16 Å². The zero-order valence-corrected chi connectivity index (χ0v) is 36.1. The van der Waals surface area contributed by atoms with Crippen LogP contribution in [-0.4, -0.2) is 108 Å². The number of aromatic nitrogens is 5. The van der Waals surface area contributed by atoms with Crippen LogP contribution in [0.3, 0.4) is 0 Å². The van der Waals surface area contributed by atoms with Gasteiger partial charge in [-0.15, -0.1) is 16.9 Å². The van der Waals surface area contributed by atoms with Crippen LogP contribution in [0.25, 0.3) is 0 Å². The Morgan fingerprint density at radius 2 is 1.60 bits per heavy atom. The number of nitrogens with zero attached hydrogens (tertiary/aromatic N) is 7. The number of esters is 1. The highest BCUT2D eigenvalue weighted by molar-refractivity contribution is 8.01. The molecule has 3 N–H and O–H groups in total. The predicted octanol–water partition coefficient (Wildman–Crippen LogP) is 4.19. The number of nitrogen functional groups attached to an aromatic ring is 1. The van der Waals surface area contributed by atoms with E-state index in [1.807, 2.05) is 60.7 Å². The van der Waals surface area contributed by atoms with Crippen LogP contribution in [0.5, 0.6) is 11.5 Å². The normalized spacial score (nSPS) is 15.7. The van der Waals surface area contributed by atoms with Crippen LogP contribution < -0.4 is 20.5 Å². The molecule has 5 aromatic rings. The van der Waals surface area contributed by atoms with Crippen LogP contribution in [0.4, 0.5) is 15.6 Å². The second-order valence-electron chi connectivity index (χ2n) is 13.4. The molecule has 336 valence electrons. The molecule has 7 rings (SSSR count). The first-order valence-electron chi connectivity index (χ1n) is 19.4. The third-order valence-corrected chi connectivity index (χ3v) is 11.6. The molecule has 2 amide bonds. The first kappa shape index (κ1) is 45.3. The number of anilines is 1. The summed E-state index contributed by atoms with van der Waals surface area (Å²) < 4.78 is 32.5. The van der Waals surface area contributed by atoms with Crippen LogP contribution in [-0.2, 0) is 40.5 Å². The van der Waals surface area contributed by atoms with E-state index in [0.29, 0.717) is 21.9 Å². The van der Waals surface area contributed by atoms with Gasteiger partial charge in [0.1, 0.15) is 29.1 Å². The molecule has 0 saturated carbocycles. The van der Waals surface area contributed by atoms with Crippen molar-refractivity contribution in [3.05, 3.63) is 119 Å². The van der Waals surface area contributed by atoms with Crippen molar-refractivity contribution < 1.29 is 61.7 Å². The Bertz CT molecular complexity index is 2620. The van der Waals surface area contributed by atoms with Crippen molar-refractivity contribution in [3.8, 4) is 11.5 Å². The maximum absolute atomic E-state index is 14.4. The van der Waals surface area contributed by atoms with E-state index in [9.17, 15) is 28.8 Å². The number of oxime groups is 1. The molecule has 0 spiro atoms. The summed E-state index contributed by atoms with van der Waals surface area (Å²) in [5.41, 5.74) is 6.46. The van der Waals surface area contributed by atoms with Gasteiger partial charge in [0.25, 0.3) is 17.8 Å². The van der Waals surface area contributed by atoms with E-state index in [-0.39, 0.29) is 53.4 Å². The number of hydrogen-bond acceptors (Lipinski definition) is 21. The van der Waals surface area contributed by atoms with Gasteiger partial charge in [-0.2, -0.15) is 4.98 Å². The van der Waals surface area contributed by atoms with E-state index in [2.05, 4.69) is 31.0 Å². The van der Waals surface area contributed by atoms with Gasteiger partial charge in [-0.25, -0.2) is 23.9 Å². The number of carbonyl (C=O) groups excluding carboxylic acids is 6. The lowest BCUT2D eigenvalue weighted by Gasteiger charge is -2.49. The molecule has 0 bridgehead atoms. The number of ether oxygens (including phenoxy) is 5. The Balaban J connectivity index is 1.13. The maximum Gasteiger partial charge on any atom is 0.513 e. The van der Waals surface area contributed by atoms with Gasteiger partial charge < -0.3 is 44.0 Å². The standard InChI is InChI=1S/C41H37N9O13S2/c1-4-57-40(55)60-27-17-16-24(18-28(27)61-41(56)58-5-2)36(53)63-46-29(26-19-59-38(42)43-26)33(51)44-30-34(52)50-31(25(20-64-35(30)50)21-65-39-45-47-48-49(39)3)37(54)62-32(22-12-8-6-9-13-22)23-14-10-7-11-15-23/h6-19,30,32,35H,4-5,20-21H2,1-3H3,(H2,42,43)(H,44,51)/t30-,35+/m1/s1. The zero-order valence-electron chi connectivity index (χ0n) is 34.5. The average molecular weight is 928 g/mol. The molecule has 22 nitrogen and oxygen atoms in total. The Kier molecular flexibility index (Phi) is 14.4. The number of thioether (sulfide) groups is 2. The van der Waals surface area contributed by atoms with Gasteiger partial charge >= 0.3 is 24.2 Å². The van der Waals surface area contributed by atoms with Gasteiger partial charge in [0, 0.05) is 18.6 Å². The van der Waals surface area contributed by atoms with E-state index in [1.165, 1.54) is 40.0 Å². The minimum Gasteiger partial charge on any atom is -0.448 e. The molecule has 2 aliphatic heterocycles. The van der Waals surface area contributed by atoms with Crippen molar-refractivity contribution in [1.82, 2.24) is 35.4 Å². The number of β-lactam (4-membered cyclic amide) rings is 1. The van der Waals surface area contributed by atoms with Crippen LogP contribution in [0.2, 0.25) is 0 Å². The number of amides is 2. The molecule has 0 aliphatic carbocycles. The molecular weight excluding hydrogens is 891 g/mol. The van der Waals surface area contributed by atoms with Gasteiger partial charge in [-0.1, -0.05) is 77.6 Å². The molecule has 65 heavy (non-hydrogen) atoms. The fraction of sp³-hybridized carbons (Fsp3) is 0.244. The molecule has 4 heterocycles. The topological polar surface area (TPSA) is 281 Å². The van der Waals surface area contributed by atoms with E-state index in [0.717, 1.165) is 24.5 Å². The molecule has 0 unspecified atom stereocenters. The summed E-state index contributed by atoms with van der Waals surface area (Å²) in [5, 5.41) is 17.6. The molecular formula is C41H37N9O13S2. The summed E-state index contributed by atoms with van der Waals surface area (Å²) in [6, 6.07) is 20.0. The number of tetrazole rings is 1. The molecule has 3 aromatic carbocycles. The first-order chi connectivity index (χ1) is 31.4. The van der Waals surface area contributed by atoms with Crippen molar-refractivity contribution in [2.24, 2.45) is 12.2 Å². The number of fused-ring (bicyclic) bond motifs is 1. The number of carbonyl (C=O) groups is 6. The lowest BCUT2D eigenvalue weighted by molar-refractivity contribution is -0.154. The van der Waals surface area contributed by atoms with Gasteiger partial charge in [-0.3, -0.25) is 14.5 Å². The summed E-state index contributed by atoms with van der Waals surface area (Å²) in [7, 11) is 1.67. The van der Waals surface area contributed by atoms with E-state index in [4.69, 9.17) is 38.7 Å². The van der Waals surface area contributed by atoms with Gasteiger partial charge in [-0.05, 0) is 59.2 Å². The number of hydrogen-bond donors (Lipinski definition) is 2. The van der Waals surface area contributed by atoms with Crippen molar-refractivity contribution in [2.75, 3.05) is 30.5 Å².